The van der Waals surface area contributed by atoms with Crippen molar-refractivity contribution < 1.29 is 4.39 Å². The molecule has 0 atom stereocenters. The minimum atomic E-state index is -0.273. The van der Waals surface area contributed by atoms with Crippen LogP contribution in [0.4, 0.5) is 10.1 Å². The second-order valence-corrected chi connectivity index (χ2v) is 4.24. The van der Waals surface area contributed by atoms with E-state index in [-0.39, 0.29) is 5.82 Å². The summed E-state index contributed by atoms with van der Waals surface area (Å²) in [4.78, 5) is 0. The van der Waals surface area contributed by atoms with E-state index < -0.39 is 0 Å². The maximum Gasteiger partial charge on any atom is 0.132 e. The summed E-state index contributed by atoms with van der Waals surface area (Å²) in [5.41, 5.74) is 5.09. The van der Waals surface area contributed by atoms with Gasteiger partial charge in [-0.1, -0.05) is 46.3 Å². The molecule has 4 heteroatoms. The van der Waals surface area contributed by atoms with Crippen molar-refractivity contribution in [3.05, 3.63) is 65.5 Å². The molecular formula is C14H12BrFN2. The Balaban J connectivity index is 2.14. The van der Waals surface area contributed by atoms with Crippen LogP contribution in [-0.4, -0.2) is 6.21 Å². The third-order valence-corrected chi connectivity index (χ3v) is 3.05. The van der Waals surface area contributed by atoms with Gasteiger partial charge in [0.1, 0.15) is 5.82 Å². The van der Waals surface area contributed by atoms with Gasteiger partial charge in [-0.15, -0.1) is 0 Å². The smallest absolute Gasteiger partial charge is 0.132 e. The summed E-state index contributed by atoms with van der Waals surface area (Å²) in [7, 11) is 0. The lowest BCUT2D eigenvalue weighted by Crippen LogP contribution is -1.97. The lowest BCUT2D eigenvalue weighted by atomic mass is 10.1. The van der Waals surface area contributed by atoms with Crippen molar-refractivity contribution in [2.24, 2.45) is 5.10 Å². The molecule has 92 valence electrons. The maximum absolute atomic E-state index is 13.6. The fraction of sp³-hybridized carbons (Fsp3) is 0.0714. The fourth-order valence-electron chi connectivity index (χ4n) is 1.53. The summed E-state index contributed by atoms with van der Waals surface area (Å²) in [6, 6.07) is 14.5. The third-order valence-electron chi connectivity index (χ3n) is 2.45. The zero-order chi connectivity index (χ0) is 12.8. The van der Waals surface area contributed by atoms with Crippen molar-refractivity contribution in [2.45, 2.75) is 5.33 Å². The van der Waals surface area contributed by atoms with Crippen LogP contribution in [0.1, 0.15) is 11.1 Å². The highest BCUT2D eigenvalue weighted by molar-refractivity contribution is 9.08. The Hall–Kier alpha value is -1.68. The van der Waals surface area contributed by atoms with E-state index in [1.165, 1.54) is 12.3 Å². The largest absolute Gasteiger partial charge is 0.279 e. The molecule has 2 rings (SSSR count). The molecule has 0 heterocycles. The predicted molar refractivity (Wildman–Crippen MR) is 76.7 cm³/mol. The number of alkyl halides is 1. The van der Waals surface area contributed by atoms with Gasteiger partial charge in [0.05, 0.1) is 11.9 Å². The van der Waals surface area contributed by atoms with E-state index in [2.05, 4.69) is 26.5 Å². The van der Waals surface area contributed by atoms with Crippen LogP contribution in [0.15, 0.2) is 53.6 Å². The summed E-state index contributed by atoms with van der Waals surface area (Å²) >= 11 is 3.33. The first-order valence-corrected chi connectivity index (χ1v) is 6.61. The Kier molecular flexibility index (Phi) is 4.47. The number of para-hydroxylation sites is 1. The Morgan fingerprint density at radius 2 is 1.89 bits per heavy atom. The summed E-state index contributed by atoms with van der Waals surface area (Å²) in [5, 5.41) is 4.64. The number of halogens is 2. The minimum Gasteiger partial charge on any atom is -0.279 e. The van der Waals surface area contributed by atoms with E-state index in [4.69, 9.17) is 0 Å². The molecule has 0 amide bonds. The molecule has 0 spiro atoms. The molecule has 2 aromatic rings. The lowest BCUT2D eigenvalue weighted by molar-refractivity contribution is 0.624. The Morgan fingerprint density at radius 1 is 1.11 bits per heavy atom. The second kappa shape index (κ2) is 6.31. The van der Waals surface area contributed by atoms with Gasteiger partial charge in [0.25, 0.3) is 0 Å². The molecule has 0 unspecified atom stereocenters. The van der Waals surface area contributed by atoms with Gasteiger partial charge >= 0.3 is 0 Å². The molecule has 0 bridgehead atoms. The molecule has 0 aliphatic carbocycles. The van der Waals surface area contributed by atoms with Crippen LogP contribution < -0.4 is 5.43 Å². The van der Waals surface area contributed by atoms with E-state index in [1.54, 1.807) is 6.07 Å². The van der Waals surface area contributed by atoms with Crippen LogP contribution in [-0.2, 0) is 5.33 Å². The molecule has 18 heavy (non-hydrogen) atoms. The summed E-state index contributed by atoms with van der Waals surface area (Å²) in [5.74, 6) is -0.273. The van der Waals surface area contributed by atoms with Gasteiger partial charge < -0.3 is 0 Å². The Morgan fingerprint density at radius 3 is 2.61 bits per heavy atom. The average molecular weight is 307 g/mol. The number of hydrogen-bond donors (Lipinski definition) is 1. The van der Waals surface area contributed by atoms with Crippen LogP contribution in [0.25, 0.3) is 0 Å². The van der Waals surface area contributed by atoms with E-state index in [0.29, 0.717) is 10.9 Å². The van der Waals surface area contributed by atoms with Gasteiger partial charge in [-0.25, -0.2) is 4.39 Å². The van der Waals surface area contributed by atoms with Gasteiger partial charge in [-0.05, 0) is 23.8 Å². The first kappa shape index (κ1) is 12.8. The van der Waals surface area contributed by atoms with Crippen molar-refractivity contribution in [1.82, 2.24) is 0 Å². The quantitative estimate of drug-likeness (QED) is 0.512. The summed E-state index contributed by atoms with van der Waals surface area (Å²) in [6.45, 7) is 0. The molecule has 2 nitrogen and oxygen atoms in total. The van der Waals surface area contributed by atoms with Crippen LogP contribution in [0.3, 0.4) is 0 Å². The van der Waals surface area contributed by atoms with Crippen LogP contribution in [0, 0.1) is 5.82 Å². The number of nitrogens with one attached hydrogen (secondary N) is 1. The number of hydrazone groups is 1. The first-order valence-electron chi connectivity index (χ1n) is 5.48. The van der Waals surface area contributed by atoms with E-state index in [1.807, 2.05) is 36.4 Å². The molecule has 0 fully saturated rings. The molecule has 0 saturated carbocycles. The number of hydrogen-bond acceptors (Lipinski definition) is 2. The van der Waals surface area contributed by atoms with Gasteiger partial charge in [0.15, 0.2) is 0 Å². The number of benzene rings is 2. The second-order valence-electron chi connectivity index (χ2n) is 3.68. The molecule has 0 aromatic heterocycles. The molecule has 0 saturated heterocycles. The molecule has 0 radical (unpaired) electrons. The van der Waals surface area contributed by atoms with Crippen LogP contribution in [0.2, 0.25) is 0 Å². The molecule has 0 aliphatic rings. The highest BCUT2D eigenvalue weighted by atomic mass is 79.9. The standard InChI is InChI=1S/C14H12BrFN2/c15-9-11-5-4-8-14(16)13(11)10-17-18-12-6-2-1-3-7-12/h1-8,10,18H,9H2. The Labute approximate surface area is 114 Å². The van der Waals surface area contributed by atoms with Crippen LogP contribution >= 0.6 is 15.9 Å². The highest BCUT2D eigenvalue weighted by Crippen LogP contribution is 2.14. The monoisotopic (exact) mass is 306 g/mol. The first-order chi connectivity index (χ1) is 8.81. The predicted octanol–water partition coefficient (Wildman–Crippen LogP) is 4.17. The van der Waals surface area contributed by atoms with E-state index >= 15 is 0 Å². The highest BCUT2D eigenvalue weighted by Gasteiger charge is 2.04. The van der Waals surface area contributed by atoms with Gasteiger partial charge in [0.2, 0.25) is 0 Å². The van der Waals surface area contributed by atoms with Crippen molar-refractivity contribution in [2.75, 3.05) is 5.43 Å². The van der Waals surface area contributed by atoms with Gasteiger partial charge in [-0.2, -0.15) is 5.10 Å². The number of nitrogens with zero attached hydrogens (tertiary/aromatic N) is 1. The minimum absolute atomic E-state index is 0.273. The Bertz CT molecular complexity index is 541. The fourth-order valence-corrected chi connectivity index (χ4v) is 2.02. The van der Waals surface area contributed by atoms with Crippen molar-refractivity contribution in [1.29, 1.82) is 0 Å². The van der Waals surface area contributed by atoms with Crippen molar-refractivity contribution in [3.8, 4) is 0 Å². The van der Waals surface area contributed by atoms with Gasteiger partial charge in [0, 0.05) is 10.9 Å². The zero-order valence-electron chi connectivity index (χ0n) is 9.61. The van der Waals surface area contributed by atoms with Crippen molar-refractivity contribution in [3.63, 3.8) is 0 Å². The third kappa shape index (κ3) is 3.17. The summed E-state index contributed by atoms with van der Waals surface area (Å²) < 4.78 is 13.6. The molecular weight excluding hydrogens is 295 g/mol. The normalized spacial score (nSPS) is 10.8. The maximum atomic E-state index is 13.6. The van der Waals surface area contributed by atoms with Crippen molar-refractivity contribution >= 4 is 27.8 Å². The van der Waals surface area contributed by atoms with E-state index in [9.17, 15) is 4.39 Å². The number of anilines is 1. The number of rotatable bonds is 4. The molecule has 2 aromatic carbocycles. The average Bonchev–Trinajstić information content (AvgIpc) is 2.41. The topological polar surface area (TPSA) is 24.4 Å². The molecule has 0 aliphatic heterocycles. The SMILES string of the molecule is Fc1cccc(CBr)c1C=NNc1ccccc1. The van der Waals surface area contributed by atoms with Crippen LogP contribution in [0.5, 0.6) is 0 Å². The zero-order valence-corrected chi connectivity index (χ0v) is 11.2. The lowest BCUT2D eigenvalue weighted by Gasteiger charge is -2.03. The van der Waals surface area contributed by atoms with Gasteiger partial charge in [-0.3, -0.25) is 5.43 Å². The molecule has 1 N–H and O–H groups in total. The summed E-state index contributed by atoms with van der Waals surface area (Å²) in [6.07, 6.45) is 1.50. The van der Waals surface area contributed by atoms with E-state index in [0.717, 1.165) is 11.3 Å².